The van der Waals surface area contributed by atoms with Gasteiger partial charge in [-0.1, -0.05) is 44.2 Å². The van der Waals surface area contributed by atoms with Crippen molar-refractivity contribution >= 4 is 11.9 Å². The Morgan fingerprint density at radius 2 is 2.00 bits per heavy atom. The van der Waals surface area contributed by atoms with E-state index in [1.54, 1.807) is 31.2 Å². The van der Waals surface area contributed by atoms with Crippen LogP contribution >= 0.6 is 0 Å². The summed E-state index contributed by atoms with van der Waals surface area (Å²) in [5, 5.41) is 12.4. The average molecular weight is 319 g/mol. The van der Waals surface area contributed by atoms with Gasteiger partial charge in [-0.3, -0.25) is 9.59 Å². The molecule has 3 atom stereocenters. The van der Waals surface area contributed by atoms with Crippen LogP contribution in [0.25, 0.3) is 0 Å². The van der Waals surface area contributed by atoms with Gasteiger partial charge in [0, 0.05) is 13.2 Å². The smallest absolute Gasteiger partial charge is 0.315 e. The van der Waals surface area contributed by atoms with Crippen LogP contribution < -0.4 is 5.32 Å². The van der Waals surface area contributed by atoms with Crippen molar-refractivity contribution in [1.82, 2.24) is 5.32 Å². The van der Waals surface area contributed by atoms with Gasteiger partial charge in [0.25, 0.3) is 0 Å². The van der Waals surface area contributed by atoms with Crippen LogP contribution in [-0.4, -0.2) is 36.2 Å². The topological polar surface area (TPSA) is 75.6 Å². The summed E-state index contributed by atoms with van der Waals surface area (Å²) in [6.45, 7) is 6.39. The molecule has 1 unspecified atom stereocenters. The first kappa shape index (κ1) is 17.5. The molecule has 1 aliphatic heterocycles. The van der Waals surface area contributed by atoms with E-state index in [2.05, 4.69) is 19.2 Å². The Bertz CT molecular complexity index is 557. The van der Waals surface area contributed by atoms with E-state index in [1.165, 1.54) is 0 Å². The Morgan fingerprint density at radius 1 is 1.35 bits per heavy atom. The molecule has 1 aliphatic rings. The summed E-state index contributed by atoms with van der Waals surface area (Å²) in [4.78, 5) is 24.2. The predicted molar refractivity (Wildman–Crippen MR) is 87.1 cm³/mol. The summed E-state index contributed by atoms with van der Waals surface area (Å²) in [5.74, 6) is -0.641. The first-order valence-electron chi connectivity index (χ1n) is 8.04. The van der Waals surface area contributed by atoms with E-state index in [9.17, 15) is 14.7 Å². The number of carbonyl (C=O) groups is 2. The maximum atomic E-state index is 12.4. The highest BCUT2D eigenvalue weighted by atomic mass is 16.5. The molecule has 2 N–H and O–H groups in total. The molecule has 0 aromatic heterocycles. The molecular weight excluding hydrogens is 294 g/mol. The van der Waals surface area contributed by atoms with Crippen molar-refractivity contribution < 1.29 is 19.4 Å². The second-order valence-corrected chi connectivity index (χ2v) is 6.71. The average Bonchev–Trinajstić information content (AvgIpc) is 3.03. The summed E-state index contributed by atoms with van der Waals surface area (Å²) in [6, 6.07) is 8.97. The molecule has 1 heterocycles. The SMILES string of the molecule is CC(C)[C@@H]1CCO[C@@H]1C(=O)NCC(C)(C(=O)O)c1ccccc1. The van der Waals surface area contributed by atoms with Crippen LogP contribution in [-0.2, 0) is 19.7 Å². The molecule has 1 amide bonds. The molecule has 1 saturated heterocycles. The minimum Gasteiger partial charge on any atom is -0.481 e. The molecule has 5 heteroatoms. The molecule has 0 saturated carbocycles. The molecule has 0 bridgehead atoms. The van der Waals surface area contributed by atoms with Gasteiger partial charge in [0.1, 0.15) is 11.5 Å². The normalized spacial score (nSPS) is 23.5. The van der Waals surface area contributed by atoms with Crippen molar-refractivity contribution in [2.75, 3.05) is 13.2 Å². The standard InChI is InChI=1S/C18H25NO4/c1-12(2)14-9-10-23-15(14)16(20)19-11-18(3,17(21)22)13-7-5-4-6-8-13/h4-8,12,14-15H,9-11H2,1-3H3,(H,19,20)(H,21,22)/t14-,15-,18?/m0/s1. The zero-order chi connectivity index (χ0) is 17.0. The summed E-state index contributed by atoms with van der Waals surface area (Å²) in [7, 11) is 0. The van der Waals surface area contributed by atoms with Gasteiger partial charge in [-0.25, -0.2) is 0 Å². The number of hydrogen-bond acceptors (Lipinski definition) is 3. The number of amides is 1. The number of aliphatic carboxylic acids is 1. The largest absolute Gasteiger partial charge is 0.481 e. The van der Waals surface area contributed by atoms with E-state index >= 15 is 0 Å². The lowest BCUT2D eigenvalue weighted by atomic mass is 9.82. The van der Waals surface area contributed by atoms with Crippen molar-refractivity contribution in [3.8, 4) is 0 Å². The van der Waals surface area contributed by atoms with Gasteiger partial charge in [-0.15, -0.1) is 0 Å². The Hall–Kier alpha value is -1.88. The van der Waals surface area contributed by atoms with Gasteiger partial charge < -0.3 is 15.2 Å². The predicted octanol–water partition coefficient (Wildman–Crippen LogP) is 2.21. The molecule has 0 aliphatic carbocycles. The highest BCUT2D eigenvalue weighted by Gasteiger charge is 2.39. The van der Waals surface area contributed by atoms with Crippen LogP contribution in [0.2, 0.25) is 0 Å². The van der Waals surface area contributed by atoms with Crippen LogP contribution in [0.3, 0.4) is 0 Å². The van der Waals surface area contributed by atoms with E-state index in [0.29, 0.717) is 18.1 Å². The summed E-state index contributed by atoms with van der Waals surface area (Å²) in [6.07, 6.45) is 0.383. The third-order valence-electron chi connectivity index (χ3n) is 4.75. The Labute approximate surface area is 137 Å². The fourth-order valence-electron chi connectivity index (χ4n) is 3.03. The van der Waals surface area contributed by atoms with Gasteiger partial charge in [-0.2, -0.15) is 0 Å². The maximum Gasteiger partial charge on any atom is 0.315 e. The zero-order valence-electron chi connectivity index (χ0n) is 13.9. The lowest BCUT2D eigenvalue weighted by Gasteiger charge is -2.27. The zero-order valence-corrected chi connectivity index (χ0v) is 13.9. The van der Waals surface area contributed by atoms with Gasteiger partial charge in [-0.05, 0) is 30.7 Å². The number of carboxylic acids is 1. The molecule has 5 nitrogen and oxygen atoms in total. The first-order valence-corrected chi connectivity index (χ1v) is 8.04. The number of ether oxygens (including phenoxy) is 1. The maximum absolute atomic E-state index is 12.4. The van der Waals surface area contributed by atoms with Crippen LogP contribution in [0.1, 0.15) is 32.8 Å². The van der Waals surface area contributed by atoms with E-state index in [-0.39, 0.29) is 18.4 Å². The van der Waals surface area contributed by atoms with Crippen LogP contribution in [0.5, 0.6) is 0 Å². The number of benzene rings is 1. The first-order chi connectivity index (χ1) is 10.9. The van der Waals surface area contributed by atoms with E-state index in [4.69, 9.17) is 4.74 Å². The number of carboxylic acid groups (broad SMARTS) is 1. The summed E-state index contributed by atoms with van der Waals surface area (Å²) < 4.78 is 5.56. The van der Waals surface area contributed by atoms with E-state index in [0.717, 1.165) is 6.42 Å². The molecule has 1 aromatic carbocycles. The highest BCUT2D eigenvalue weighted by molar-refractivity contribution is 5.85. The lowest BCUT2D eigenvalue weighted by Crippen LogP contribution is -2.48. The van der Waals surface area contributed by atoms with Crippen LogP contribution in [0.4, 0.5) is 0 Å². The van der Waals surface area contributed by atoms with Crippen molar-refractivity contribution in [2.45, 2.75) is 38.7 Å². The Kier molecular flexibility index (Phi) is 5.42. The van der Waals surface area contributed by atoms with Crippen molar-refractivity contribution in [3.05, 3.63) is 35.9 Å². The van der Waals surface area contributed by atoms with E-state index < -0.39 is 17.5 Å². The number of carbonyl (C=O) groups excluding carboxylic acids is 1. The number of nitrogens with one attached hydrogen (secondary N) is 1. The summed E-state index contributed by atoms with van der Waals surface area (Å²) in [5.41, 5.74) is -0.497. The minimum absolute atomic E-state index is 0.0376. The fraction of sp³-hybridized carbons (Fsp3) is 0.556. The molecule has 23 heavy (non-hydrogen) atoms. The molecule has 2 rings (SSSR count). The lowest BCUT2D eigenvalue weighted by molar-refractivity contribution is -0.143. The molecule has 0 spiro atoms. The van der Waals surface area contributed by atoms with Crippen molar-refractivity contribution in [1.29, 1.82) is 0 Å². The van der Waals surface area contributed by atoms with Crippen LogP contribution in [0, 0.1) is 11.8 Å². The summed E-state index contributed by atoms with van der Waals surface area (Å²) >= 11 is 0. The van der Waals surface area contributed by atoms with Gasteiger partial charge in [0.05, 0.1) is 0 Å². The monoisotopic (exact) mass is 319 g/mol. The third-order valence-corrected chi connectivity index (χ3v) is 4.75. The molecule has 126 valence electrons. The third kappa shape index (κ3) is 3.72. The van der Waals surface area contributed by atoms with E-state index in [1.807, 2.05) is 6.07 Å². The van der Waals surface area contributed by atoms with Crippen molar-refractivity contribution in [2.24, 2.45) is 11.8 Å². The molecule has 0 radical (unpaired) electrons. The number of hydrogen-bond donors (Lipinski definition) is 2. The second kappa shape index (κ2) is 7.13. The Balaban J connectivity index is 2.08. The van der Waals surface area contributed by atoms with Gasteiger partial charge >= 0.3 is 5.97 Å². The second-order valence-electron chi connectivity index (χ2n) is 6.71. The molecule has 1 fully saturated rings. The fourth-order valence-corrected chi connectivity index (χ4v) is 3.03. The minimum atomic E-state index is -1.16. The van der Waals surface area contributed by atoms with Gasteiger partial charge in [0.2, 0.25) is 5.91 Å². The molecular formula is C18H25NO4. The highest BCUT2D eigenvalue weighted by Crippen LogP contribution is 2.29. The molecule has 1 aromatic rings. The van der Waals surface area contributed by atoms with Crippen molar-refractivity contribution in [3.63, 3.8) is 0 Å². The van der Waals surface area contributed by atoms with Gasteiger partial charge in [0.15, 0.2) is 0 Å². The number of rotatable bonds is 6. The quantitative estimate of drug-likeness (QED) is 0.843. The Morgan fingerprint density at radius 3 is 2.57 bits per heavy atom. The van der Waals surface area contributed by atoms with Crippen LogP contribution in [0.15, 0.2) is 30.3 Å².